The van der Waals surface area contributed by atoms with Gasteiger partial charge in [0.05, 0.1) is 11.6 Å². The summed E-state index contributed by atoms with van der Waals surface area (Å²) in [5.41, 5.74) is 0.970. The fourth-order valence-corrected chi connectivity index (χ4v) is 3.16. The molecule has 1 aromatic heterocycles. The first-order chi connectivity index (χ1) is 9.78. The zero-order valence-electron chi connectivity index (χ0n) is 12.0. The van der Waals surface area contributed by atoms with Crippen molar-refractivity contribution in [3.05, 3.63) is 36.0 Å². The summed E-state index contributed by atoms with van der Waals surface area (Å²) in [7, 11) is 0. The van der Waals surface area contributed by atoms with Gasteiger partial charge in [-0.15, -0.1) is 11.6 Å². The summed E-state index contributed by atoms with van der Waals surface area (Å²) < 4.78 is 0. The molecule has 0 N–H and O–H groups in total. The van der Waals surface area contributed by atoms with Crippen molar-refractivity contribution in [2.45, 2.75) is 32.1 Å². The minimum atomic E-state index is 0.474. The van der Waals surface area contributed by atoms with Crippen molar-refractivity contribution in [3.63, 3.8) is 0 Å². The maximum atomic E-state index is 6.01. The highest BCUT2D eigenvalue weighted by Gasteiger charge is 2.17. The molecule has 2 heterocycles. The van der Waals surface area contributed by atoms with Gasteiger partial charge in [0, 0.05) is 18.5 Å². The van der Waals surface area contributed by atoms with Crippen LogP contribution in [0.2, 0.25) is 0 Å². The summed E-state index contributed by atoms with van der Waals surface area (Å²) in [4.78, 5) is 7.25. The van der Waals surface area contributed by atoms with Crippen molar-refractivity contribution in [2.75, 3.05) is 18.0 Å². The van der Waals surface area contributed by atoms with E-state index < -0.39 is 0 Å². The third-order valence-corrected chi connectivity index (χ3v) is 4.50. The van der Waals surface area contributed by atoms with Gasteiger partial charge in [0.2, 0.25) is 0 Å². The standard InChI is InChI=1S/C17H21ClN2/c1-13-5-4-9-20(10-8-13)17-16-7-3-2-6-14(16)11-15(12-18)19-17/h2-3,6-7,11,13H,4-5,8-10,12H2,1H3. The predicted octanol–water partition coefficient (Wildman–Crippen LogP) is 4.60. The summed E-state index contributed by atoms with van der Waals surface area (Å²) in [6.45, 7) is 4.56. The number of aromatic nitrogens is 1. The van der Waals surface area contributed by atoms with Crippen LogP contribution in [0.1, 0.15) is 31.9 Å². The zero-order valence-corrected chi connectivity index (χ0v) is 12.7. The van der Waals surface area contributed by atoms with Gasteiger partial charge in [-0.3, -0.25) is 0 Å². The summed E-state index contributed by atoms with van der Waals surface area (Å²) in [5, 5.41) is 2.49. The second-order valence-corrected chi connectivity index (χ2v) is 6.08. The minimum Gasteiger partial charge on any atom is -0.356 e. The van der Waals surface area contributed by atoms with Crippen LogP contribution in [0.25, 0.3) is 10.8 Å². The van der Waals surface area contributed by atoms with E-state index in [1.807, 2.05) is 0 Å². The lowest BCUT2D eigenvalue weighted by Crippen LogP contribution is -2.25. The van der Waals surface area contributed by atoms with Gasteiger partial charge >= 0.3 is 0 Å². The number of nitrogens with zero attached hydrogens (tertiary/aromatic N) is 2. The van der Waals surface area contributed by atoms with Gasteiger partial charge in [-0.25, -0.2) is 4.98 Å². The molecule has 1 atom stereocenters. The lowest BCUT2D eigenvalue weighted by Gasteiger charge is -2.24. The van der Waals surface area contributed by atoms with Crippen LogP contribution in [0.4, 0.5) is 5.82 Å². The number of pyridine rings is 1. The molecule has 1 aliphatic rings. The van der Waals surface area contributed by atoms with E-state index in [2.05, 4.69) is 42.2 Å². The molecule has 20 heavy (non-hydrogen) atoms. The fourth-order valence-electron chi connectivity index (χ4n) is 3.02. The maximum absolute atomic E-state index is 6.01. The molecule has 0 bridgehead atoms. The molecule has 3 rings (SSSR count). The molecule has 1 aliphatic heterocycles. The smallest absolute Gasteiger partial charge is 0.136 e. The molecule has 1 fully saturated rings. The summed E-state index contributed by atoms with van der Waals surface area (Å²) >= 11 is 6.01. The van der Waals surface area contributed by atoms with Crippen molar-refractivity contribution in [3.8, 4) is 0 Å². The van der Waals surface area contributed by atoms with Crippen molar-refractivity contribution in [1.29, 1.82) is 0 Å². The van der Waals surface area contributed by atoms with Gasteiger partial charge in [0.1, 0.15) is 5.82 Å². The van der Waals surface area contributed by atoms with E-state index >= 15 is 0 Å². The molecule has 1 saturated heterocycles. The first kappa shape index (κ1) is 13.7. The molecule has 106 valence electrons. The highest BCUT2D eigenvalue weighted by molar-refractivity contribution is 6.17. The number of fused-ring (bicyclic) bond motifs is 1. The zero-order chi connectivity index (χ0) is 13.9. The largest absolute Gasteiger partial charge is 0.356 e. The average Bonchev–Trinajstić information content (AvgIpc) is 2.71. The molecular weight excluding hydrogens is 268 g/mol. The van der Waals surface area contributed by atoms with Gasteiger partial charge < -0.3 is 4.90 Å². The van der Waals surface area contributed by atoms with Gasteiger partial charge in [-0.05, 0) is 36.6 Å². The van der Waals surface area contributed by atoms with Gasteiger partial charge in [-0.2, -0.15) is 0 Å². The lowest BCUT2D eigenvalue weighted by molar-refractivity contribution is 0.521. The van der Waals surface area contributed by atoms with Crippen LogP contribution < -0.4 is 4.90 Å². The van der Waals surface area contributed by atoms with E-state index in [4.69, 9.17) is 16.6 Å². The van der Waals surface area contributed by atoms with Crippen molar-refractivity contribution in [1.82, 2.24) is 4.98 Å². The Morgan fingerprint density at radius 3 is 2.95 bits per heavy atom. The molecule has 0 aliphatic carbocycles. The second kappa shape index (κ2) is 6.01. The van der Waals surface area contributed by atoms with Gasteiger partial charge in [0.15, 0.2) is 0 Å². The van der Waals surface area contributed by atoms with E-state index in [1.165, 1.54) is 30.0 Å². The number of rotatable bonds is 2. The number of alkyl halides is 1. The first-order valence-corrected chi connectivity index (χ1v) is 8.01. The van der Waals surface area contributed by atoms with Crippen molar-refractivity contribution < 1.29 is 0 Å². The van der Waals surface area contributed by atoms with Gasteiger partial charge in [0.25, 0.3) is 0 Å². The molecule has 3 heteroatoms. The predicted molar refractivity (Wildman–Crippen MR) is 86.5 cm³/mol. The normalized spacial score (nSPS) is 20.1. The van der Waals surface area contributed by atoms with Crippen LogP contribution in [0.15, 0.2) is 30.3 Å². The first-order valence-electron chi connectivity index (χ1n) is 7.47. The van der Waals surface area contributed by atoms with E-state index in [1.54, 1.807) is 0 Å². The quantitative estimate of drug-likeness (QED) is 0.751. The minimum absolute atomic E-state index is 0.474. The molecule has 0 amide bonds. The van der Waals surface area contributed by atoms with E-state index in [-0.39, 0.29) is 0 Å². The Kier molecular flexibility index (Phi) is 4.11. The van der Waals surface area contributed by atoms with Gasteiger partial charge in [-0.1, -0.05) is 31.2 Å². The van der Waals surface area contributed by atoms with E-state index in [9.17, 15) is 0 Å². The Morgan fingerprint density at radius 1 is 1.25 bits per heavy atom. The number of hydrogen-bond acceptors (Lipinski definition) is 2. The molecule has 1 aromatic carbocycles. The summed E-state index contributed by atoms with van der Waals surface area (Å²) in [6.07, 6.45) is 3.83. The average molecular weight is 289 g/mol. The van der Waals surface area contributed by atoms with Crippen LogP contribution in [0, 0.1) is 5.92 Å². The maximum Gasteiger partial charge on any atom is 0.136 e. The SMILES string of the molecule is CC1CCCN(c2nc(CCl)cc3ccccc23)CC1. The highest BCUT2D eigenvalue weighted by Crippen LogP contribution is 2.29. The molecule has 2 nitrogen and oxygen atoms in total. The molecule has 2 aromatic rings. The van der Waals surface area contributed by atoms with Crippen LogP contribution in [0.3, 0.4) is 0 Å². The number of anilines is 1. The van der Waals surface area contributed by atoms with E-state index in [0.29, 0.717) is 5.88 Å². The summed E-state index contributed by atoms with van der Waals surface area (Å²) in [6, 6.07) is 10.6. The van der Waals surface area contributed by atoms with Crippen LogP contribution in [-0.4, -0.2) is 18.1 Å². The Hall–Kier alpha value is -1.28. The fraction of sp³-hybridized carbons (Fsp3) is 0.471. The Balaban J connectivity index is 2.04. The Morgan fingerprint density at radius 2 is 2.10 bits per heavy atom. The molecular formula is C17H21ClN2. The van der Waals surface area contributed by atoms with Crippen LogP contribution in [0.5, 0.6) is 0 Å². The second-order valence-electron chi connectivity index (χ2n) is 5.82. The lowest BCUT2D eigenvalue weighted by atomic mass is 10.0. The number of hydrogen-bond donors (Lipinski definition) is 0. The van der Waals surface area contributed by atoms with Crippen LogP contribution in [-0.2, 0) is 5.88 Å². The topological polar surface area (TPSA) is 16.1 Å². The van der Waals surface area contributed by atoms with E-state index in [0.717, 1.165) is 30.5 Å². The Labute approximate surface area is 125 Å². The molecule has 0 saturated carbocycles. The Bertz CT molecular complexity index is 597. The van der Waals surface area contributed by atoms with Crippen molar-refractivity contribution in [2.24, 2.45) is 5.92 Å². The van der Waals surface area contributed by atoms with Crippen LogP contribution >= 0.6 is 11.6 Å². The molecule has 0 radical (unpaired) electrons. The number of halogens is 1. The molecule has 1 unspecified atom stereocenters. The molecule has 0 spiro atoms. The van der Waals surface area contributed by atoms with Crippen molar-refractivity contribution >= 4 is 28.2 Å². The number of benzene rings is 1. The third-order valence-electron chi connectivity index (χ3n) is 4.23. The third kappa shape index (κ3) is 2.76. The highest BCUT2D eigenvalue weighted by atomic mass is 35.5. The monoisotopic (exact) mass is 288 g/mol. The summed E-state index contributed by atoms with van der Waals surface area (Å²) in [5.74, 6) is 2.41.